The van der Waals surface area contributed by atoms with E-state index in [-0.39, 0.29) is 20.2 Å². The summed E-state index contributed by atoms with van der Waals surface area (Å²) in [7, 11) is 0. The summed E-state index contributed by atoms with van der Waals surface area (Å²) in [5.74, 6) is -2.82. The van der Waals surface area contributed by atoms with E-state index >= 15 is 0 Å². The second kappa shape index (κ2) is 12.4. The number of hydrogen-bond acceptors (Lipinski definition) is 4. The predicted octanol–water partition coefficient (Wildman–Crippen LogP) is 12.2. The summed E-state index contributed by atoms with van der Waals surface area (Å²) in [6, 6.07) is -25.9. The maximum absolute atomic E-state index is 9.40. The zero-order valence-electron chi connectivity index (χ0n) is 53.2. The molecule has 3 nitrogen and oxygen atoms in total. The third-order valence-corrected chi connectivity index (χ3v) is 7.90. The maximum atomic E-state index is 9.40. The van der Waals surface area contributed by atoms with Crippen LogP contribution in [0, 0.1) is 0 Å². The Bertz CT molecular complexity index is 3970. The molecule has 4 heteroatoms. The predicted molar refractivity (Wildman–Crippen MR) is 205 cm³/mol. The molecular weight excluding hydrogens is 615 g/mol. The van der Waals surface area contributed by atoms with Crippen LogP contribution in [0.25, 0.3) is 87.7 Å². The lowest BCUT2D eigenvalue weighted by atomic mass is 9.98. The molecule has 0 saturated heterocycles. The minimum Gasteiger partial charge on any atom is -0.208 e. The molecule has 0 N–H and O–H groups in total. The van der Waals surface area contributed by atoms with Gasteiger partial charge in [-0.3, -0.25) is 0 Å². The minimum absolute atomic E-state index is 0.112. The van der Waals surface area contributed by atoms with Gasteiger partial charge in [-0.15, -0.1) is 11.3 Å². The van der Waals surface area contributed by atoms with Gasteiger partial charge in [0.25, 0.3) is 0 Å². The zero-order valence-corrected chi connectivity index (χ0v) is 25.1. The number of nitrogens with zero attached hydrogens (tertiary/aromatic N) is 3. The zero-order chi connectivity index (χ0) is 57.8. The fraction of sp³-hybridized carbons (Fsp3) is 0. The summed E-state index contributed by atoms with van der Waals surface area (Å²) >= 11 is 0.671. The molecule has 2 heterocycles. The van der Waals surface area contributed by atoms with Gasteiger partial charge in [0, 0.05) is 36.9 Å². The number of rotatable bonds is 6. The Morgan fingerprint density at radius 3 is 1.22 bits per heavy atom. The molecule has 0 bridgehead atoms. The first-order valence-corrected chi connectivity index (χ1v) is 14.8. The number of aromatic nitrogens is 3. The largest absolute Gasteiger partial charge is 0.208 e. The van der Waals surface area contributed by atoms with E-state index in [2.05, 4.69) is 15.0 Å². The average Bonchev–Trinajstić information content (AvgIpc) is 3.89. The van der Waals surface area contributed by atoms with Crippen LogP contribution in [0.2, 0.25) is 0 Å². The molecule has 230 valence electrons. The van der Waals surface area contributed by atoms with E-state index in [0.717, 1.165) is 0 Å². The average molecular weight is 673 g/mol. The lowest BCUT2D eigenvalue weighted by Crippen LogP contribution is -2.00. The molecule has 2 aromatic heterocycles. The van der Waals surface area contributed by atoms with Crippen LogP contribution in [0.5, 0.6) is 0 Å². The van der Waals surface area contributed by atoms with Gasteiger partial charge in [-0.2, -0.15) is 0 Å². The lowest BCUT2D eigenvalue weighted by Gasteiger charge is -2.11. The van der Waals surface area contributed by atoms with E-state index in [1.165, 1.54) is 0 Å². The number of fused-ring (bicyclic) bond motifs is 3. The molecule has 0 fully saturated rings. The van der Waals surface area contributed by atoms with Crippen LogP contribution >= 0.6 is 11.3 Å². The monoisotopic (exact) mass is 672 g/mol. The first-order valence-electron chi connectivity index (χ1n) is 28.5. The van der Waals surface area contributed by atoms with Gasteiger partial charge in [-0.05, 0) is 45.5 Å². The van der Waals surface area contributed by atoms with Crippen molar-refractivity contribution in [1.82, 2.24) is 15.0 Å². The molecule has 0 atom stereocenters. The summed E-state index contributed by atoms with van der Waals surface area (Å²) in [5, 5.41) is -0.516. The molecule has 0 aliphatic heterocycles. The van der Waals surface area contributed by atoms with E-state index in [1.54, 1.807) is 0 Å². The van der Waals surface area contributed by atoms with Crippen molar-refractivity contribution in [1.29, 1.82) is 0 Å². The van der Waals surface area contributed by atoms with Crippen LogP contribution in [0.1, 0.15) is 39.8 Å². The molecule has 49 heavy (non-hydrogen) atoms. The first-order chi connectivity index (χ1) is 36.3. The van der Waals surface area contributed by atoms with Gasteiger partial charge in [0.2, 0.25) is 0 Å². The highest BCUT2D eigenvalue weighted by Crippen LogP contribution is 2.40. The Kier molecular flexibility index (Phi) is 2.97. The Hall–Kier alpha value is -6.23. The van der Waals surface area contributed by atoms with E-state index < -0.39 is 243 Å². The van der Waals surface area contributed by atoms with E-state index in [0.29, 0.717) is 11.3 Å². The quantitative estimate of drug-likeness (QED) is 0.176. The van der Waals surface area contributed by atoms with Crippen LogP contribution < -0.4 is 0 Å². The van der Waals surface area contributed by atoms with E-state index in [9.17, 15) is 11.0 Å². The van der Waals surface area contributed by atoms with Gasteiger partial charge in [0.05, 0.1) is 39.8 Å². The summed E-state index contributed by atoms with van der Waals surface area (Å²) < 4.78 is 253. The maximum Gasteiger partial charge on any atom is 0.164 e. The van der Waals surface area contributed by atoms with Crippen LogP contribution in [0.4, 0.5) is 0 Å². The van der Waals surface area contributed by atoms with Gasteiger partial charge >= 0.3 is 0 Å². The second-order valence-corrected chi connectivity index (χ2v) is 10.8. The van der Waals surface area contributed by atoms with Crippen molar-refractivity contribution >= 4 is 31.5 Å². The molecule has 0 aliphatic rings. The Morgan fingerprint density at radius 2 is 0.714 bits per heavy atom. The molecule has 0 amide bonds. The first kappa shape index (κ1) is 11.7. The standard InChI is InChI=1S/C45H29N3S/c1-3-10-30(11-4-1)32-18-24-35(25-19-32)43-46-44(36-26-20-33(21-27-36)31-12-5-2-6-13-31)48-45(47-43)37-28-22-34(23-29-37)38-15-9-17-41-42(38)39-14-7-8-16-40(39)49-41/h1-29H/i1D,2D,3D,4D,5D,6D,7D,8D,9D,10D,11D,12D,13D,14D,15D,16D,17D,18D,19D,20D,21D,22D,23D,24D,25D,26D,27D,28D,29D. The molecule has 9 aromatic rings. The number of benzene rings is 7. The van der Waals surface area contributed by atoms with Crippen LogP contribution in [0.3, 0.4) is 0 Å². The van der Waals surface area contributed by atoms with Gasteiger partial charge in [-0.25, -0.2) is 15.0 Å². The third-order valence-electron chi connectivity index (χ3n) is 6.88. The number of hydrogen-bond donors (Lipinski definition) is 0. The van der Waals surface area contributed by atoms with Gasteiger partial charge < -0.3 is 0 Å². The van der Waals surface area contributed by atoms with Crippen molar-refractivity contribution < 1.29 is 39.8 Å². The van der Waals surface area contributed by atoms with Crippen molar-refractivity contribution in [3.8, 4) is 67.5 Å². The van der Waals surface area contributed by atoms with Crippen LogP contribution in [-0.2, 0) is 0 Å². The normalized spacial score (nSPS) is 19.6. The fourth-order valence-corrected chi connectivity index (χ4v) is 5.63. The summed E-state index contributed by atoms with van der Waals surface area (Å²) in [5.41, 5.74) is -6.83. The van der Waals surface area contributed by atoms with Gasteiger partial charge in [-0.1, -0.05) is 163 Å². The minimum atomic E-state index is -1.05. The van der Waals surface area contributed by atoms with Crippen molar-refractivity contribution in [2.75, 3.05) is 0 Å². The second-order valence-electron chi connectivity index (χ2n) is 9.82. The smallest absolute Gasteiger partial charge is 0.164 e. The topological polar surface area (TPSA) is 38.7 Å². The highest BCUT2D eigenvalue weighted by molar-refractivity contribution is 7.25. The fourth-order valence-electron chi connectivity index (χ4n) is 4.66. The molecule has 0 aliphatic carbocycles. The van der Waals surface area contributed by atoms with Crippen molar-refractivity contribution in [2.45, 2.75) is 0 Å². The van der Waals surface area contributed by atoms with Gasteiger partial charge in [0.15, 0.2) is 17.5 Å². The van der Waals surface area contributed by atoms with Gasteiger partial charge in [0.1, 0.15) is 0 Å². The van der Waals surface area contributed by atoms with E-state index in [4.69, 9.17) is 28.8 Å². The van der Waals surface area contributed by atoms with Crippen LogP contribution in [0.15, 0.2) is 175 Å². The van der Waals surface area contributed by atoms with Crippen LogP contribution in [-0.4, -0.2) is 15.0 Å². The van der Waals surface area contributed by atoms with E-state index in [1.807, 2.05) is 0 Å². The third kappa shape index (κ3) is 5.58. The lowest BCUT2D eigenvalue weighted by molar-refractivity contribution is 1.07. The van der Waals surface area contributed by atoms with Crippen molar-refractivity contribution in [2.24, 2.45) is 0 Å². The SMILES string of the molecule is [2H]c1c([2H])c([2H])c(-c2c([2H])c([2H])c(-c3nc(-c4c([2H])c([2H])c(-c5c([2H])c([2H])c([2H])c([2H])c5[2H])c([2H])c4[2H])nc(-c4c([2H])c([2H])c(-c5c([2H])c([2H])c([2H])c6sc7c([2H])c([2H])c([2H])c([2H])c7c56)c([2H])c4[2H])n3)c([2H])c2[2H])c([2H])c1[2H]. The molecule has 0 radical (unpaired) electrons. The highest BCUT2D eigenvalue weighted by Gasteiger charge is 2.15. The Balaban J connectivity index is 1.39. The molecule has 0 spiro atoms. The van der Waals surface area contributed by atoms with Crippen molar-refractivity contribution in [3.05, 3.63) is 175 Å². The highest BCUT2D eigenvalue weighted by atomic mass is 32.1. The molecular formula is C45H29N3S. The summed E-state index contributed by atoms with van der Waals surface area (Å²) in [4.78, 5) is 12.8. The van der Waals surface area contributed by atoms with Crippen molar-refractivity contribution in [3.63, 3.8) is 0 Å². The molecule has 0 saturated carbocycles. The molecule has 0 unspecified atom stereocenters. The number of thiophene rings is 1. The molecule has 9 rings (SSSR count). The summed E-state index contributed by atoms with van der Waals surface area (Å²) in [6.07, 6.45) is 0. The summed E-state index contributed by atoms with van der Waals surface area (Å²) in [6.45, 7) is 0. The Morgan fingerprint density at radius 1 is 0.327 bits per heavy atom. The molecule has 7 aromatic carbocycles. The Labute approximate surface area is 329 Å².